The highest BCUT2D eigenvalue weighted by molar-refractivity contribution is 6.11. The molecule has 0 radical (unpaired) electrons. The summed E-state index contributed by atoms with van der Waals surface area (Å²) in [6.07, 6.45) is 3.60. The van der Waals surface area contributed by atoms with Gasteiger partial charge in [0.25, 0.3) is 5.69 Å². The first kappa shape index (κ1) is 12.8. The van der Waals surface area contributed by atoms with E-state index >= 15 is 0 Å². The highest BCUT2D eigenvalue weighted by Crippen LogP contribution is 2.30. The Labute approximate surface area is 114 Å². The number of aromatic nitrogens is 1. The molecule has 1 aromatic heterocycles. The lowest BCUT2D eigenvalue weighted by molar-refractivity contribution is -0.383. The standard InChI is InChI=1S/C14H14N2O4/c17-13(7-9-3-2-6-20-9)10-8-15-11-4-1-5-12(14(10)11)16(18)19/h1,4-5,8-9,15H,2-3,6-7H2. The number of benzene rings is 1. The van der Waals surface area contributed by atoms with Crippen LogP contribution in [0.2, 0.25) is 0 Å². The summed E-state index contributed by atoms with van der Waals surface area (Å²) in [6, 6.07) is 4.75. The predicted octanol–water partition coefficient (Wildman–Crippen LogP) is 2.83. The van der Waals surface area contributed by atoms with Crippen molar-refractivity contribution in [1.82, 2.24) is 4.98 Å². The summed E-state index contributed by atoms with van der Waals surface area (Å²) in [6.45, 7) is 0.686. The van der Waals surface area contributed by atoms with E-state index in [1.165, 1.54) is 6.07 Å². The van der Waals surface area contributed by atoms with Gasteiger partial charge in [-0.3, -0.25) is 14.9 Å². The van der Waals surface area contributed by atoms with Crippen LogP contribution in [0.3, 0.4) is 0 Å². The molecule has 2 aromatic rings. The average Bonchev–Trinajstić information content (AvgIpc) is 3.06. The first-order valence-corrected chi connectivity index (χ1v) is 6.56. The summed E-state index contributed by atoms with van der Waals surface area (Å²) in [5.41, 5.74) is 0.942. The molecule has 1 N–H and O–H groups in total. The number of hydrogen-bond acceptors (Lipinski definition) is 4. The number of non-ortho nitro benzene ring substituents is 1. The van der Waals surface area contributed by atoms with Gasteiger partial charge in [-0.15, -0.1) is 0 Å². The van der Waals surface area contributed by atoms with E-state index in [0.29, 0.717) is 23.1 Å². The Bertz CT molecular complexity index is 671. The zero-order valence-electron chi connectivity index (χ0n) is 10.8. The highest BCUT2D eigenvalue weighted by Gasteiger charge is 2.24. The van der Waals surface area contributed by atoms with E-state index in [1.807, 2.05) is 0 Å². The average molecular weight is 274 g/mol. The molecule has 1 aliphatic heterocycles. The van der Waals surface area contributed by atoms with E-state index in [4.69, 9.17) is 4.74 Å². The molecule has 3 rings (SSSR count). The number of aromatic amines is 1. The second kappa shape index (κ2) is 5.05. The van der Waals surface area contributed by atoms with Crippen molar-refractivity contribution in [3.63, 3.8) is 0 Å². The summed E-state index contributed by atoms with van der Waals surface area (Å²) in [5.74, 6) is -0.113. The van der Waals surface area contributed by atoms with Crippen LogP contribution in [0.25, 0.3) is 10.9 Å². The van der Waals surface area contributed by atoms with E-state index in [0.717, 1.165) is 12.8 Å². The number of nitrogens with zero attached hydrogens (tertiary/aromatic N) is 1. The predicted molar refractivity (Wildman–Crippen MR) is 72.9 cm³/mol. The molecule has 1 aromatic carbocycles. The third-order valence-corrected chi connectivity index (χ3v) is 3.62. The van der Waals surface area contributed by atoms with Crippen molar-refractivity contribution in [3.05, 3.63) is 40.1 Å². The number of H-pyrrole nitrogens is 1. The molecule has 1 unspecified atom stereocenters. The van der Waals surface area contributed by atoms with Crippen LogP contribution in [0.5, 0.6) is 0 Å². The van der Waals surface area contributed by atoms with Crippen LogP contribution in [-0.2, 0) is 4.74 Å². The van der Waals surface area contributed by atoms with Gasteiger partial charge in [0, 0.05) is 30.9 Å². The van der Waals surface area contributed by atoms with E-state index in [9.17, 15) is 14.9 Å². The number of carbonyl (C=O) groups excluding carboxylic acids is 1. The lowest BCUT2D eigenvalue weighted by Gasteiger charge is -2.07. The molecule has 104 valence electrons. The minimum atomic E-state index is -0.459. The summed E-state index contributed by atoms with van der Waals surface area (Å²) in [4.78, 5) is 25.9. The van der Waals surface area contributed by atoms with Crippen LogP contribution < -0.4 is 0 Å². The fourth-order valence-electron chi connectivity index (χ4n) is 2.66. The Balaban J connectivity index is 1.98. The van der Waals surface area contributed by atoms with Crippen molar-refractivity contribution in [2.75, 3.05) is 6.61 Å². The molecule has 6 heteroatoms. The van der Waals surface area contributed by atoms with E-state index in [1.54, 1.807) is 18.3 Å². The van der Waals surface area contributed by atoms with Crippen molar-refractivity contribution in [3.8, 4) is 0 Å². The topological polar surface area (TPSA) is 85.2 Å². The van der Waals surface area contributed by atoms with Crippen LogP contribution in [0.15, 0.2) is 24.4 Å². The Kier molecular flexibility index (Phi) is 3.23. The SMILES string of the molecule is O=C(CC1CCCO1)c1c[nH]c2cccc([N+](=O)[O-])c12. The van der Waals surface area contributed by atoms with Gasteiger partial charge in [0.2, 0.25) is 0 Å². The molecule has 1 aliphatic rings. The van der Waals surface area contributed by atoms with Crippen LogP contribution in [-0.4, -0.2) is 28.4 Å². The smallest absolute Gasteiger partial charge is 0.279 e. The van der Waals surface area contributed by atoms with Crippen LogP contribution >= 0.6 is 0 Å². The molecule has 1 saturated heterocycles. The molecule has 0 bridgehead atoms. The number of nitro groups is 1. The molecule has 0 saturated carbocycles. The van der Waals surface area contributed by atoms with Gasteiger partial charge in [0.05, 0.1) is 21.9 Å². The van der Waals surface area contributed by atoms with Gasteiger partial charge in [0.1, 0.15) is 0 Å². The number of nitrogens with one attached hydrogen (secondary N) is 1. The van der Waals surface area contributed by atoms with Crippen molar-refractivity contribution in [2.24, 2.45) is 0 Å². The zero-order chi connectivity index (χ0) is 14.1. The van der Waals surface area contributed by atoms with E-state index < -0.39 is 4.92 Å². The zero-order valence-corrected chi connectivity index (χ0v) is 10.8. The van der Waals surface area contributed by atoms with Gasteiger partial charge >= 0.3 is 0 Å². The van der Waals surface area contributed by atoms with Gasteiger partial charge < -0.3 is 9.72 Å². The Hall–Kier alpha value is -2.21. The normalized spacial score (nSPS) is 18.5. The minimum Gasteiger partial charge on any atom is -0.378 e. The number of hydrogen-bond donors (Lipinski definition) is 1. The number of ether oxygens (including phenoxy) is 1. The molecular weight excluding hydrogens is 260 g/mol. The van der Waals surface area contributed by atoms with Crippen molar-refractivity contribution >= 4 is 22.4 Å². The Morgan fingerprint density at radius 1 is 1.50 bits per heavy atom. The number of nitro benzene ring substituents is 1. The second-order valence-corrected chi connectivity index (χ2v) is 4.92. The van der Waals surface area contributed by atoms with E-state index in [2.05, 4.69) is 4.98 Å². The first-order valence-electron chi connectivity index (χ1n) is 6.56. The van der Waals surface area contributed by atoms with Gasteiger partial charge in [0.15, 0.2) is 5.78 Å². The van der Waals surface area contributed by atoms with Crippen LogP contribution in [0.1, 0.15) is 29.6 Å². The number of fused-ring (bicyclic) bond motifs is 1. The summed E-state index contributed by atoms with van der Waals surface area (Å²) >= 11 is 0. The first-order chi connectivity index (χ1) is 9.66. The maximum absolute atomic E-state index is 12.3. The van der Waals surface area contributed by atoms with Gasteiger partial charge in [-0.25, -0.2) is 0 Å². The van der Waals surface area contributed by atoms with Crippen molar-refractivity contribution < 1.29 is 14.5 Å². The largest absolute Gasteiger partial charge is 0.378 e. The molecule has 6 nitrogen and oxygen atoms in total. The van der Waals surface area contributed by atoms with Gasteiger partial charge in [-0.1, -0.05) is 6.07 Å². The molecular formula is C14H14N2O4. The molecule has 20 heavy (non-hydrogen) atoms. The number of carbonyl (C=O) groups is 1. The second-order valence-electron chi connectivity index (χ2n) is 4.92. The molecule has 0 spiro atoms. The van der Waals surface area contributed by atoms with E-state index in [-0.39, 0.29) is 24.0 Å². The molecule has 2 heterocycles. The maximum Gasteiger partial charge on any atom is 0.279 e. The Morgan fingerprint density at radius 2 is 2.35 bits per heavy atom. The van der Waals surface area contributed by atoms with Crippen molar-refractivity contribution in [1.29, 1.82) is 0 Å². The minimum absolute atomic E-state index is 0.0422. The quantitative estimate of drug-likeness (QED) is 0.527. The fourth-order valence-corrected chi connectivity index (χ4v) is 2.66. The molecule has 1 fully saturated rings. The van der Waals surface area contributed by atoms with Crippen LogP contribution in [0.4, 0.5) is 5.69 Å². The maximum atomic E-state index is 12.3. The monoisotopic (exact) mass is 274 g/mol. The summed E-state index contributed by atoms with van der Waals surface area (Å²) < 4.78 is 5.45. The lowest BCUT2D eigenvalue weighted by atomic mass is 10.0. The third-order valence-electron chi connectivity index (χ3n) is 3.62. The number of Topliss-reactive ketones (excluding diaryl/α,β-unsaturated/α-hetero) is 1. The molecule has 0 aliphatic carbocycles. The lowest BCUT2D eigenvalue weighted by Crippen LogP contribution is -2.12. The third kappa shape index (κ3) is 2.18. The van der Waals surface area contributed by atoms with Crippen LogP contribution in [0, 0.1) is 10.1 Å². The molecule has 0 amide bonds. The summed E-state index contributed by atoms with van der Waals surface area (Å²) in [7, 11) is 0. The van der Waals surface area contributed by atoms with Crippen molar-refractivity contribution in [2.45, 2.75) is 25.4 Å². The fraction of sp³-hybridized carbons (Fsp3) is 0.357. The number of ketones is 1. The molecule has 1 atom stereocenters. The van der Waals surface area contributed by atoms with Gasteiger partial charge in [-0.2, -0.15) is 0 Å². The highest BCUT2D eigenvalue weighted by atomic mass is 16.6. The van der Waals surface area contributed by atoms with Gasteiger partial charge in [-0.05, 0) is 18.9 Å². The summed E-state index contributed by atoms with van der Waals surface area (Å²) in [5, 5.41) is 11.5. The number of rotatable bonds is 4. The Morgan fingerprint density at radius 3 is 3.05 bits per heavy atom.